The van der Waals surface area contributed by atoms with E-state index in [2.05, 4.69) is 14.8 Å². The quantitative estimate of drug-likeness (QED) is 0.432. The zero-order chi connectivity index (χ0) is 12.4. The highest BCUT2D eigenvalue weighted by atomic mass is 16.5. The van der Waals surface area contributed by atoms with E-state index >= 15 is 0 Å². The smallest absolute Gasteiger partial charge is 0.435 e. The van der Waals surface area contributed by atoms with Crippen molar-refractivity contribution in [3.05, 3.63) is 45.9 Å². The first-order chi connectivity index (χ1) is 8.09. The Balaban J connectivity index is 2.49. The Kier molecular flexibility index (Phi) is 2.78. The third-order valence-corrected chi connectivity index (χ3v) is 2.34. The van der Waals surface area contributed by atoms with Gasteiger partial charge in [0.25, 0.3) is 0 Å². The SMILES string of the molecule is Cc1ccccc1N=C([O-])c1c(=O)o[nH][n+]1C. The van der Waals surface area contributed by atoms with Crippen LogP contribution >= 0.6 is 0 Å². The van der Waals surface area contributed by atoms with Crippen LogP contribution in [0.4, 0.5) is 5.69 Å². The summed E-state index contributed by atoms with van der Waals surface area (Å²) >= 11 is 0. The molecule has 1 aromatic heterocycles. The number of rotatable bonds is 2. The summed E-state index contributed by atoms with van der Waals surface area (Å²) in [5, 5.41) is 14.1. The monoisotopic (exact) mass is 233 g/mol. The van der Waals surface area contributed by atoms with Crippen molar-refractivity contribution in [2.45, 2.75) is 6.92 Å². The number of H-pyrrole nitrogens is 1. The number of aliphatic imine (C=N–C) groups is 1. The molecule has 6 nitrogen and oxygen atoms in total. The minimum absolute atomic E-state index is 0.131. The van der Waals surface area contributed by atoms with E-state index in [4.69, 9.17) is 0 Å². The Morgan fingerprint density at radius 2 is 2.18 bits per heavy atom. The van der Waals surface area contributed by atoms with Crippen LogP contribution in [0.5, 0.6) is 0 Å². The first kappa shape index (κ1) is 11.1. The minimum Gasteiger partial charge on any atom is -0.854 e. The van der Waals surface area contributed by atoms with E-state index in [1.165, 1.54) is 11.7 Å². The summed E-state index contributed by atoms with van der Waals surface area (Å²) in [6.07, 6.45) is 0. The van der Waals surface area contributed by atoms with Crippen molar-refractivity contribution >= 4 is 11.6 Å². The number of aromatic amines is 1. The van der Waals surface area contributed by atoms with Gasteiger partial charge in [0, 0.05) is 0 Å². The molecule has 0 spiro atoms. The fraction of sp³-hybridized carbons (Fsp3) is 0.182. The maximum atomic E-state index is 11.8. The minimum atomic E-state index is -0.727. The van der Waals surface area contributed by atoms with Crippen molar-refractivity contribution in [3.8, 4) is 0 Å². The maximum Gasteiger partial charge on any atom is 0.435 e. The predicted molar refractivity (Wildman–Crippen MR) is 57.9 cm³/mol. The molecular weight excluding hydrogens is 222 g/mol. The number of para-hydroxylation sites is 1. The van der Waals surface area contributed by atoms with Crippen LogP contribution in [0.2, 0.25) is 0 Å². The molecule has 0 saturated carbocycles. The van der Waals surface area contributed by atoms with Gasteiger partial charge in [0.05, 0.1) is 11.6 Å². The molecule has 1 aromatic carbocycles. The lowest BCUT2D eigenvalue weighted by Gasteiger charge is -2.05. The number of nitrogens with zero attached hydrogens (tertiary/aromatic N) is 2. The van der Waals surface area contributed by atoms with Gasteiger partial charge in [-0.05, 0) is 23.8 Å². The van der Waals surface area contributed by atoms with E-state index in [1.807, 2.05) is 19.1 Å². The Morgan fingerprint density at radius 1 is 1.47 bits per heavy atom. The predicted octanol–water partition coefficient (Wildman–Crippen LogP) is -0.461. The van der Waals surface area contributed by atoms with Crippen LogP contribution in [0, 0.1) is 6.92 Å². The van der Waals surface area contributed by atoms with E-state index in [1.54, 1.807) is 12.1 Å². The van der Waals surface area contributed by atoms with E-state index in [0.717, 1.165) is 5.56 Å². The van der Waals surface area contributed by atoms with Gasteiger partial charge < -0.3 is 5.11 Å². The van der Waals surface area contributed by atoms with E-state index in [9.17, 15) is 9.90 Å². The Morgan fingerprint density at radius 3 is 2.76 bits per heavy atom. The van der Waals surface area contributed by atoms with Crippen molar-refractivity contribution in [2.24, 2.45) is 12.0 Å². The third kappa shape index (κ3) is 2.10. The number of aromatic nitrogens is 2. The summed E-state index contributed by atoms with van der Waals surface area (Å²) in [7, 11) is 1.51. The molecule has 0 atom stereocenters. The Labute approximate surface area is 96.8 Å². The van der Waals surface area contributed by atoms with Gasteiger partial charge in [-0.25, -0.2) is 4.79 Å². The van der Waals surface area contributed by atoms with E-state index < -0.39 is 11.5 Å². The summed E-state index contributed by atoms with van der Waals surface area (Å²) in [6.45, 7) is 1.84. The van der Waals surface area contributed by atoms with Crippen molar-refractivity contribution in [1.82, 2.24) is 5.27 Å². The molecule has 2 rings (SSSR count). The maximum absolute atomic E-state index is 11.8. The molecule has 0 bridgehead atoms. The first-order valence-electron chi connectivity index (χ1n) is 4.99. The van der Waals surface area contributed by atoms with Crippen LogP contribution in [0.1, 0.15) is 11.3 Å². The molecule has 0 aliphatic heterocycles. The molecule has 88 valence electrons. The summed E-state index contributed by atoms with van der Waals surface area (Å²) in [5.74, 6) is -0.628. The van der Waals surface area contributed by atoms with Gasteiger partial charge in [0.1, 0.15) is 0 Å². The molecule has 0 saturated heterocycles. The zero-order valence-corrected chi connectivity index (χ0v) is 9.43. The standard InChI is InChI=1S/C11H11N3O3/c1-7-5-3-4-6-8(7)12-10(15)9-11(16)17-13-14(9)2/h3-6H,1-2H3,(H-,12,13,15,16). The number of benzene rings is 1. The molecule has 2 aromatic rings. The highest BCUT2D eigenvalue weighted by Crippen LogP contribution is 2.16. The van der Waals surface area contributed by atoms with Crippen LogP contribution in [-0.2, 0) is 7.05 Å². The van der Waals surface area contributed by atoms with Crippen LogP contribution in [0.25, 0.3) is 0 Å². The molecule has 0 amide bonds. The zero-order valence-electron chi connectivity index (χ0n) is 9.43. The average Bonchev–Trinajstić information content (AvgIpc) is 2.62. The van der Waals surface area contributed by atoms with E-state index in [-0.39, 0.29) is 5.69 Å². The van der Waals surface area contributed by atoms with Gasteiger partial charge in [-0.3, -0.25) is 9.52 Å². The lowest BCUT2D eigenvalue weighted by molar-refractivity contribution is -0.742. The van der Waals surface area contributed by atoms with Crippen LogP contribution in [-0.4, -0.2) is 11.2 Å². The molecular formula is C11H11N3O3. The van der Waals surface area contributed by atoms with Crippen molar-refractivity contribution in [1.29, 1.82) is 0 Å². The second kappa shape index (κ2) is 4.25. The molecule has 1 heterocycles. The van der Waals surface area contributed by atoms with Crippen LogP contribution < -0.4 is 15.4 Å². The van der Waals surface area contributed by atoms with Crippen molar-refractivity contribution in [2.75, 3.05) is 0 Å². The number of nitrogens with one attached hydrogen (secondary N) is 1. The molecule has 0 fully saturated rings. The normalized spacial score (nSPS) is 11.8. The lowest BCUT2D eigenvalue weighted by Crippen LogP contribution is -2.43. The lowest BCUT2D eigenvalue weighted by atomic mass is 10.2. The molecule has 0 radical (unpaired) electrons. The fourth-order valence-electron chi connectivity index (χ4n) is 1.42. The Bertz CT molecular complexity index is 625. The van der Waals surface area contributed by atoms with Gasteiger partial charge in [-0.15, -0.1) is 0 Å². The number of hydrogen-bond acceptors (Lipinski definition) is 4. The first-order valence-corrected chi connectivity index (χ1v) is 4.99. The molecule has 17 heavy (non-hydrogen) atoms. The van der Waals surface area contributed by atoms with Gasteiger partial charge in [-0.1, -0.05) is 22.9 Å². The average molecular weight is 233 g/mol. The van der Waals surface area contributed by atoms with Gasteiger partial charge in [0.2, 0.25) is 0 Å². The number of hydrogen-bond donors (Lipinski definition) is 1. The van der Waals surface area contributed by atoms with Gasteiger partial charge in [-0.2, -0.15) is 0 Å². The molecule has 0 unspecified atom stereocenters. The van der Waals surface area contributed by atoms with Gasteiger partial charge >= 0.3 is 11.3 Å². The van der Waals surface area contributed by atoms with Crippen LogP contribution in [0.15, 0.2) is 38.6 Å². The molecule has 0 aliphatic rings. The fourth-order valence-corrected chi connectivity index (χ4v) is 1.42. The largest absolute Gasteiger partial charge is 0.854 e. The highest BCUT2D eigenvalue weighted by Gasteiger charge is 2.17. The van der Waals surface area contributed by atoms with Crippen molar-refractivity contribution < 1.29 is 14.3 Å². The summed E-state index contributed by atoms with van der Waals surface area (Å²) < 4.78 is 5.69. The topological polar surface area (TPSA) is 85.3 Å². The molecule has 6 heteroatoms. The summed E-state index contributed by atoms with van der Waals surface area (Å²) in [5.41, 5.74) is 0.546. The third-order valence-electron chi connectivity index (χ3n) is 2.34. The number of aryl methyl sites for hydroxylation is 2. The highest BCUT2D eigenvalue weighted by molar-refractivity contribution is 5.88. The van der Waals surface area contributed by atoms with Crippen LogP contribution in [0.3, 0.4) is 0 Å². The van der Waals surface area contributed by atoms with Gasteiger partial charge in [0.15, 0.2) is 7.05 Å². The second-order valence-corrected chi connectivity index (χ2v) is 3.59. The second-order valence-electron chi connectivity index (χ2n) is 3.59. The molecule has 0 aliphatic carbocycles. The van der Waals surface area contributed by atoms with Crippen molar-refractivity contribution in [3.63, 3.8) is 0 Å². The summed E-state index contributed by atoms with van der Waals surface area (Å²) in [6, 6.07) is 7.18. The Hall–Kier alpha value is -2.37. The summed E-state index contributed by atoms with van der Waals surface area (Å²) in [4.78, 5) is 15.1. The van der Waals surface area contributed by atoms with E-state index in [0.29, 0.717) is 5.69 Å². The molecule has 1 N–H and O–H groups in total.